The summed E-state index contributed by atoms with van der Waals surface area (Å²) in [6, 6.07) is 10.2. The molecule has 1 unspecified atom stereocenters. The Bertz CT molecular complexity index is 1070. The van der Waals surface area contributed by atoms with Crippen LogP contribution >= 0.6 is 27.5 Å². The van der Waals surface area contributed by atoms with Gasteiger partial charge in [-0.2, -0.15) is 0 Å². The second kappa shape index (κ2) is 9.78. The summed E-state index contributed by atoms with van der Waals surface area (Å²) in [4.78, 5) is 12.3. The lowest BCUT2D eigenvalue weighted by Gasteiger charge is -2.15. The van der Waals surface area contributed by atoms with Crippen LogP contribution in [0.25, 0.3) is 0 Å². The Labute approximate surface area is 195 Å². The van der Waals surface area contributed by atoms with E-state index in [-0.39, 0.29) is 6.10 Å². The van der Waals surface area contributed by atoms with Crippen molar-refractivity contribution >= 4 is 39.5 Å². The van der Waals surface area contributed by atoms with Gasteiger partial charge < -0.3 is 14.4 Å². The molecule has 3 aromatic rings. The number of nitrogens with zero attached hydrogens (tertiary/aromatic N) is 4. The summed E-state index contributed by atoms with van der Waals surface area (Å²) in [5, 5.41) is 0. The van der Waals surface area contributed by atoms with Gasteiger partial charge in [0.15, 0.2) is 0 Å². The van der Waals surface area contributed by atoms with Gasteiger partial charge in [0, 0.05) is 32.6 Å². The molecule has 1 aromatic carbocycles. The summed E-state index contributed by atoms with van der Waals surface area (Å²) < 4.78 is 17.1. The minimum absolute atomic E-state index is 0.0514. The predicted molar refractivity (Wildman–Crippen MR) is 128 cm³/mol. The van der Waals surface area contributed by atoms with E-state index < -0.39 is 0 Å². The molecule has 0 aliphatic heterocycles. The van der Waals surface area contributed by atoms with Gasteiger partial charge in [-0.15, -0.1) is 0 Å². The van der Waals surface area contributed by atoms with Gasteiger partial charge in [-0.1, -0.05) is 6.07 Å². The van der Waals surface area contributed by atoms with Crippen molar-refractivity contribution < 1.29 is 9.47 Å². The number of pyridine rings is 1. The summed E-state index contributed by atoms with van der Waals surface area (Å²) in [6.45, 7) is 5.48. The van der Waals surface area contributed by atoms with Crippen molar-refractivity contribution in [2.24, 2.45) is 4.99 Å². The number of halogens is 1. The lowest BCUT2D eigenvalue weighted by molar-refractivity contribution is 0.203. The van der Waals surface area contributed by atoms with Gasteiger partial charge in [0.2, 0.25) is 5.88 Å². The number of rotatable bonds is 8. The molecule has 0 spiro atoms. The molecule has 1 atom stereocenters. The van der Waals surface area contributed by atoms with Gasteiger partial charge in [0.05, 0.1) is 27.1 Å². The summed E-state index contributed by atoms with van der Waals surface area (Å²) in [7, 11) is 1.99. The van der Waals surface area contributed by atoms with Crippen LogP contribution < -0.4 is 9.47 Å². The highest BCUT2D eigenvalue weighted by molar-refractivity contribution is 9.10. The van der Waals surface area contributed by atoms with E-state index in [1.807, 2.05) is 43.4 Å². The number of fused-ring (bicyclic) bond motifs is 1. The minimum atomic E-state index is 0.0514. The Hall–Kier alpha value is -2.45. The topological polar surface area (TPSA) is 59.8 Å². The lowest BCUT2D eigenvalue weighted by Crippen LogP contribution is -2.17. The second-order valence-corrected chi connectivity index (χ2v) is 9.32. The smallest absolute Gasteiger partial charge is 0.228 e. The lowest BCUT2D eigenvalue weighted by atomic mass is 10.1. The third kappa shape index (κ3) is 5.43. The maximum atomic E-state index is 6.26. The molecule has 2 heterocycles. The van der Waals surface area contributed by atoms with E-state index in [9.17, 15) is 0 Å². The Balaban J connectivity index is 1.40. The summed E-state index contributed by atoms with van der Waals surface area (Å²) >= 11 is 5.06. The van der Waals surface area contributed by atoms with E-state index >= 15 is 0 Å². The molecule has 0 bridgehead atoms. The maximum Gasteiger partial charge on any atom is 0.228 e. The quantitative estimate of drug-likeness (QED) is 0.308. The number of hydrogen-bond donors (Lipinski definition) is 0. The fraction of sp³-hybridized carbons (Fsp3) is 0.348. The number of benzene rings is 1. The van der Waals surface area contributed by atoms with Gasteiger partial charge in [-0.3, -0.25) is 0 Å². The molecule has 0 N–H and O–H groups in total. The van der Waals surface area contributed by atoms with Crippen molar-refractivity contribution in [1.29, 1.82) is 0 Å². The van der Waals surface area contributed by atoms with Gasteiger partial charge in [-0.25, -0.2) is 14.3 Å². The first-order valence-electron chi connectivity index (χ1n) is 10.2. The van der Waals surface area contributed by atoms with E-state index in [0.717, 1.165) is 45.9 Å². The highest BCUT2D eigenvalue weighted by Crippen LogP contribution is 2.34. The van der Waals surface area contributed by atoms with Crippen LogP contribution in [0.5, 0.6) is 11.6 Å². The molecule has 162 valence electrons. The summed E-state index contributed by atoms with van der Waals surface area (Å²) in [5.74, 6) is 1.49. The van der Waals surface area contributed by atoms with Crippen molar-refractivity contribution in [3.05, 3.63) is 62.7 Å². The van der Waals surface area contributed by atoms with Gasteiger partial charge >= 0.3 is 0 Å². The van der Waals surface area contributed by atoms with Crippen LogP contribution in [0.15, 0.2) is 46.0 Å². The van der Waals surface area contributed by atoms with Crippen LogP contribution in [0, 0.1) is 6.92 Å². The van der Waals surface area contributed by atoms with E-state index in [0.29, 0.717) is 12.5 Å². The minimum Gasteiger partial charge on any atom is -0.488 e. The summed E-state index contributed by atoms with van der Waals surface area (Å²) in [6.07, 6.45) is 5.36. The monoisotopic (exact) mass is 500 g/mol. The normalized spacial score (nSPS) is 15.3. The molecule has 1 aliphatic carbocycles. The van der Waals surface area contributed by atoms with Gasteiger partial charge in [0.1, 0.15) is 18.5 Å². The van der Waals surface area contributed by atoms with Crippen molar-refractivity contribution in [1.82, 2.24) is 14.3 Å². The third-order valence-corrected chi connectivity index (χ3v) is 6.51. The molecule has 31 heavy (non-hydrogen) atoms. The Morgan fingerprint density at radius 1 is 1.26 bits per heavy atom. The van der Waals surface area contributed by atoms with Crippen LogP contribution in [0.2, 0.25) is 0 Å². The summed E-state index contributed by atoms with van der Waals surface area (Å²) in [5.41, 5.74) is 4.24. The molecule has 1 aliphatic rings. The van der Waals surface area contributed by atoms with Crippen molar-refractivity contribution in [3.8, 4) is 11.6 Å². The molecular formula is C23H25BrN4O2S. The molecule has 0 saturated heterocycles. The fourth-order valence-electron chi connectivity index (χ4n) is 3.36. The van der Waals surface area contributed by atoms with E-state index in [2.05, 4.69) is 49.3 Å². The Morgan fingerprint density at radius 2 is 2.10 bits per heavy atom. The van der Waals surface area contributed by atoms with Gasteiger partial charge in [-0.05, 0) is 76.7 Å². The first kappa shape index (κ1) is 21.8. The molecule has 2 aromatic heterocycles. The molecule has 4 rings (SSSR count). The van der Waals surface area contributed by atoms with Crippen LogP contribution in [0.3, 0.4) is 0 Å². The predicted octanol–water partition coefficient (Wildman–Crippen LogP) is 5.35. The maximum absolute atomic E-state index is 6.26. The first-order chi connectivity index (χ1) is 15.0. The van der Waals surface area contributed by atoms with E-state index in [1.165, 1.54) is 22.7 Å². The highest BCUT2D eigenvalue weighted by Gasteiger charge is 2.25. The number of aromatic nitrogens is 2. The van der Waals surface area contributed by atoms with E-state index in [1.54, 1.807) is 6.20 Å². The SMILES string of the molecule is CCN(C)/C=N/c1cc(Br)c(OC2Cc3ccc(OCc4ccns4)cc3C2)nc1C. The number of hydrogen-bond acceptors (Lipinski definition) is 6. The van der Waals surface area contributed by atoms with Crippen LogP contribution in [-0.2, 0) is 19.4 Å². The fourth-order valence-corrected chi connectivity index (χ4v) is 4.25. The molecule has 6 nitrogen and oxygen atoms in total. The van der Waals surface area contributed by atoms with Crippen LogP contribution in [-0.4, -0.2) is 40.3 Å². The molecule has 0 amide bonds. The number of aliphatic imine (C=N–C) groups is 1. The van der Waals surface area contributed by atoms with Gasteiger partial charge in [0.25, 0.3) is 0 Å². The Kier molecular flexibility index (Phi) is 6.87. The molecular weight excluding hydrogens is 476 g/mol. The van der Waals surface area contributed by atoms with Crippen molar-refractivity contribution in [2.75, 3.05) is 13.6 Å². The highest BCUT2D eigenvalue weighted by atomic mass is 79.9. The van der Waals surface area contributed by atoms with E-state index in [4.69, 9.17) is 9.47 Å². The number of aryl methyl sites for hydroxylation is 1. The molecule has 0 saturated carbocycles. The van der Waals surface area contributed by atoms with Crippen LogP contribution in [0.4, 0.5) is 5.69 Å². The second-order valence-electron chi connectivity index (χ2n) is 7.54. The Morgan fingerprint density at radius 3 is 2.87 bits per heavy atom. The zero-order valence-electron chi connectivity index (χ0n) is 17.8. The zero-order valence-corrected chi connectivity index (χ0v) is 20.2. The standard InChI is InChI=1S/C23H25BrN4O2S/c1-4-28(3)14-25-22-12-21(24)23(27-15(22)2)30-19-9-16-5-6-18(10-17(16)11-19)29-13-20-7-8-26-31-20/h5-8,10,12,14,19H,4,9,11,13H2,1-3H3/b25-14+. The largest absolute Gasteiger partial charge is 0.488 e. The van der Waals surface area contributed by atoms with Crippen LogP contribution in [0.1, 0.15) is 28.6 Å². The molecule has 8 heteroatoms. The first-order valence-corrected chi connectivity index (χ1v) is 11.8. The van der Waals surface area contributed by atoms with Crippen molar-refractivity contribution in [3.63, 3.8) is 0 Å². The third-order valence-electron chi connectivity index (χ3n) is 5.22. The molecule has 0 fully saturated rings. The van der Waals surface area contributed by atoms with Crippen molar-refractivity contribution in [2.45, 2.75) is 39.4 Å². The zero-order chi connectivity index (χ0) is 21.8. The number of ether oxygens (including phenoxy) is 2. The average molecular weight is 501 g/mol. The average Bonchev–Trinajstić information content (AvgIpc) is 3.42. The molecule has 0 radical (unpaired) electrons.